The Balaban J connectivity index is 1.73. The van der Waals surface area contributed by atoms with Crippen LogP contribution in [0.15, 0.2) is 24.5 Å². The molecular weight excluding hydrogens is 266 g/mol. The van der Waals surface area contributed by atoms with Gasteiger partial charge in [-0.2, -0.15) is 0 Å². The molecule has 0 saturated carbocycles. The number of pyridine rings is 1. The summed E-state index contributed by atoms with van der Waals surface area (Å²) in [5, 5.41) is 2.79. The Morgan fingerprint density at radius 1 is 1.50 bits per heavy atom. The summed E-state index contributed by atoms with van der Waals surface area (Å²) in [5.41, 5.74) is 0.718. The second kappa shape index (κ2) is 6.70. The Kier molecular flexibility index (Phi) is 4.95. The van der Waals surface area contributed by atoms with E-state index in [1.54, 1.807) is 18.5 Å². The van der Waals surface area contributed by atoms with Gasteiger partial charge in [0, 0.05) is 19.3 Å². The second-order valence-corrected chi connectivity index (χ2v) is 5.65. The minimum Gasteiger partial charge on any atom is -0.358 e. The van der Waals surface area contributed by atoms with E-state index in [0.29, 0.717) is 5.75 Å². The number of thioether (sulfide) groups is 1. The van der Waals surface area contributed by atoms with Crippen LogP contribution in [0.1, 0.15) is 12.8 Å². The predicted octanol–water partition coefficient (Wildman–Crippen LogP) is 2.13. The molecule has 0 radical (unpaired) electrons. The monoisotopic (exact) mass is 281 g/mol. The van der Waals surface area contributed by atoms with Crippen molar-refractivity contribution >= 4 is 39.9 Å². The maximum Gasteiger partial charge on any atom is 0.234 e. The molecule has 0 bridgehead atoms. The number of hydrogen-bond acceptors (Lipinski definition) is 4. The highest BCUT2D eigenvalue weighted by atomic mass is 32.2. The molecule has 1 saturated heterocycles. The third-order valence-corrected chi connectivity index (χ3v) is 4.16. The topological polar surface area (TPSA) is 45.2 Å². The molecule has 0 spiro atoms. The average molecular weight is 281 g/mol. The normalized spacial score (nSPS) is 14.6. The summed E-state index contributed by atoms with van der Waals surface area (Å²) in [6.07, 6.45) is 5.69. The van der Waals surface area contributed by atoms with Gasteiger partial charge in [0.25, 0.3) is 0 Å². The zero-order chi connectivity index (χ0) is 12.8. The van der Waals surface area contributed by atoms with Crippen LogP contribution in [-0.2, 0) is 4.79 Å². The summed E-state index contributed by atoms with van der Waals surface area (Å²) in [4.78, 5) is 17.8. The number of aromatic nitrogens is 1. The van der Waals surface area contributed by atoms with Crippen LogP contribution in [0.3, 0.4) is 0 Å². The lowest BCUT2D eigenvalue weighted by atomic mass is 10.4. The first kappa shape index (κ1) is 13.3. The number of carbonyl (C=O) groups is 1. The zero-order valence-electron chi connectivity index (χ0n) is 9.96. The lowest BCUT2D eigenvalue weighted by molar-refractivity contribution is -0.113. The van der Waals surface area contributed by atoms with E-state index in [1.807, 2.05) is 6.07 Å². The standard InChI is InChI=1S/C12H15N3OS2/c16-11(14-10-4-3-5-13-8-10)9-18-12(17)15-6-1-2-7-15/h3-5,8H,1-2,6-7,9H2,(H,14,16). The summed E-state index contributed by atoms with van der Waals surface area (Å²) in [7, 11) is 0. The van der Waals surface area contributed by atoms with Crippen LogP contribution in [0.5, 0.6) is 0 Å². The van der Waals surface area contributed by atoms with Gasteiger partial charge in [0.1, 0.15) is 4.32 Å². The largest absolute Gasteiger partial charge is 0.358 e. The van der Waals surface area contributed by atoms with Gasteiger partial charge in [-0.3, -0.25) is 9.78 Å². The van der Waals surface area contributed by atoms with Gasteiger partial charge in [-0.1, -0.05) is 24.0 Å². The molecule has 1 N–H and O–H groups in total. The fraction of sp³-hybridized carbons (Fsp3) is 0.417. The summed E-state index contributed by atoms with van der Waals surface area (Å²) >= 11 is 6.72. The van der Waals surface area contributed by atoms with Crippen molar-refractivity contribution in [3.05, 3.63) is 24.5 Å². The van der Waals surface area contributed by atoms with E-state index in [1.165, 1.54) is 24.6 Å². The van der Waals surface area contributed by atoms with E-state index >= 15 is 0 Å². The lowest BCUT2D eigenvalue weighted by Crippen LogP contribution is -2.25. The number of anilines is 1. The van der Waals surface area contributed by atoms with E-state index in [-0.39, 0.29) is 5.91 Å². The Bertz CT molecular complexity index is 419. The smallest absolute Gasteiger partial charge is 0.234 e. The quantitative estimate of drug-likeness (QED) is 0.860. The number of nitrogens with zero attached hydrogens (tertiary/aromatic N) is 2. The summed E-state index contributed by atoms with van der Waals surface area (Å²) < 4.78 is 0.828. The first-order valence-corrected chi connectivity index (χ1v) is 7.26. The van der Waals surface area contributed by atoms with Gasteiger partial charge in [0.2, 0.25) is 5.91 Å². The number of nitrogens with one attached hydrogen (secondary N) is 1. The zero-order valence-corrected chi connectivity index (χ0v) is 11.6. The van der Waals surface area contributed by atoms with Crippen molar-refractivity contribution < 1.29 is 4.79 Å². The summed E-state index contributed by atoms with van der Waals surface area (Å²) in [6.45, 7) is 2.05. The molecule has 18 heavy (non-hydrogen) atoms. The van der Waals surface area contributed by atoms with Gasteiger partial charge >= 0.3 is 0 Å². The summed E-state index contributed by atoms with van der Waals surface area (Å²) in [5.74, 6) is 0.305. The first-order chi connectivity index (χ1) is 8.75. The molecule has 1 aromatic rings. The summed E-state index contributed by atoms with van der Waals surface area (Å²) in [6, 6.07) is 3.60. The molecule has 0 atom stereocenters. The molecule has 1 aromatic heterocycles. The molecule has 4 nitrogen and oxygen atoms in total. The van der Waals surface area contributed by atoms with E-state index < -0.39 is 0 Å². The van der Waals surface area contributed by atoms with Crippen molar-refractivity contribution in [1.82, 2.24) is 9.88 Å². The van der Waals surface area contributed by atoms with E-state index in [2.05, 4.69) is 15.2 Å². The maximum absolute atomic E-state index is 11.7. The molecule has 2 heterocycles. The van der Waals surface area contributed by atoms with Crippen LogP contribution < -0.4 is 5.32 Å². The molecule has 1 fully saturated rings. The molecule has 0 aliphatic carbocycles. The number of carbonyl (C=O) groups excluding carboxylic acids is 1. The number of likely N-dealkylation sites (tertiary alicyclic amines) is 1. The number of hydrogen-bond donors (Lipinski definition) is 1. The van der Waals surface area contributed by atoms with Crippen LogP contribution in [0.4, 0.5) is 5.69 Å². The lowest BCUT2D eigenvalue weighted by Gasteiger charge is -2.17. The minimum absolute atomic E-state index is 0.0467. The Morgan fingerprint density at radius 2 is 2.28 bits per heavy atom. The molecule has 1 aliphatic heterocycles. The highest BCUT2D eigenvalue weighted by Gasteiger charge is 2.16. The van der Waals surface area contributed by atoms with E-state index in [0.717, 1.165) is 23.1 Å². The number of rotatable bonds is 3. The highest BCUT2D eigenvalue weighted by molar-refractivity contribution is 8.23. The van der Waals surface area contributed by atoms with E-state index in [9.17, 15) is 4.79 Å². The van der Waals surface area contributed by atoms with Crippen molar-refractivity contribution in [3.8, 4) is 0 Å². The molecule has 2 rings (SSSR count). The van der Waals surface area contributed by atoms with Crippen LogP contribution in [0.2, 0.25) is 0 Å². The first-order valence-electron chi connectivity index (χ1n) is 5.87. The molecule has 0 aromatic carbocycles. The van der Waals surface area contributed by atoms with Gasteiger partial charge in [0.15, 0.2) is 0 Å². The number of amides is 1. The molecule has 1 aliphatic rings. The van der Waals surface area contributed by atoms with Crippen LogP contribution in [0.25, 0.3) is 0 Å². The van der Waals surface area contributed by atoms with Crippen LogP contribution in [-0.4, -0.2) is 39.0 Å². The molecule has 0 unspecified atom stereocenters. The highest BCUT2D eigenvalue weighted by Crippen LogP contribution is 2.16. The van der Waals surface area contributed by atoms with Gasteiger partial charge in [-0.25, -0.2) is 0 Å². The van der Waals surface area contributed by atoms with Crippen molar-refractivity contribution in [2.24, 2.45) is 0 Å². The molecule has 96 valence electrons. The Hall–Kier alpha value is -1.14. The van der Waals surface area contributed by atoms with Crippen molar-refractivity contribution in [1.29, 1.82) is 0 Å². The number of thiocarbonyl (C=S) groups is 1. The van der Waals surface area contributed by atoms with Gasteiger partial charge in [-0.05, 0) is 25.0 Å². The predicted molar refractivity (Wildman–Crippen MR) is 78.7 cm³/mol. The SMILES string of the molecule is O=C(CSC(=S)N1CCCC1)Nc1cccnc1. The third-order valence-electron chi connectivity index (χ3n) is 2.64. The average Bonchev–Trinajstić information content (AvgIpc) is 2.91. The second-order valence-electron chi connectivity index (χ2n) is 4.04. The van der Waals surface area contributed by atoms with Crippen molar-refractivity contribution in [3.63, 3.8) is 0 Å². The van der Waals surface area contributed by atoms with Crippen LogP contribution in [0, 0.1) is 0 Å². The van der Waals surface area contributed by atoms with Gasteiger partial charge in [0.05, 0.1) is 17.6 Å². The Labute approximate surface area is 116 Å². The molecule has 6 heteroatoms. The van der Waals surface area contributed by atoms with Crippen LogP contribution >= 0.6 is 24.0 Å². The van der Waals surface area contributed by atoms with Gasteiger partial charge < -0.3 is 10.2 Å². The molecular formula is C12H15N3OS2. The van der Waals surface area contributed by atoms with Gasteiger partial charge in [-0.15, -0.1) is 0 Å². The molecule has 1 amide bonds. The fourth-order valence-electron chi connectivity index (χ4n) is 1.75. The van der Waals surface area contributed by atoms with E-state index in [4.69, 9.17) is 12.2 Å². The Morgan fingerprint density at radius 3 is 2.94 bits per heavy atom. The maximum atomic E-state index is 11.7. The third kappa shape index (κ3) is 3.96. The fourth-order valence-corrected chi connectivity index (χ4v) is 2.80. The van der Waals surface area contributed by atoms with Crippen molar-refractivity contribution in [2.75, 3.05) is 24.2 Å². The minimum atomic E-state index is -0.0467. The van der Waals surface area contributed by atoms with Crippen molar-refractivity contribution in [2.45, 2.75) is 12.8 Å².